The van der Waals surface area contributed by atoms with Gasteiger partial charge in [0.05, 0.1) is 13.2 Å². The second-order valence-electron chi connectivity index (χ2n) is 6.73. The fourth-order valence-electron chi connectivity index (χ4n) is 3.34. The van der Waals surface area contributed by atoms with E-state index in [0.717, 1.165) is 31.1 Å². The van der Waals surface area contributed by atoms with Crippen LogP contribution in [0.5, 0.6) is 5.75 Å². The number of benzene rings is 2. The summed E-state index contributed by atoms with van der Waals surface area (Å²) in [5.74, 6) is 0.887. The minimum absolute atomic E-state index is 0.307. The average Bonchev–Trinajstić information content (AvgIpc) is 3.19. The van der Waals surface area contributed by atoms with Gasteiger partial charge in [-0.25, -0.2) is 0 Å². The van der Waals surface area contributed by atoms with E-state index < -0.39 is 0 Å². The Bertz CT molecular complexity index is 709. The third-order valence-corrected chi connectivity index (χ3v) is 5.09. The third kappa shape index (κ3) is 4.96. The minimum atomic E-state index is 0.307. The summed E-state index contributed by atoms with van der Waals surface area (Å²) in [4.78, 5) is 2.53. The molecule has 2 N–H and O–H groups in total. The first-order valence-corrected chi connectivity index (χ1v) is 9.56. The van der Waals surface area contributed by atoms with Crippen molar-refractivity contribution in [1.82, 2.24) is 10.2 Å². The molecule has 0 unspecified atom stereocenters. The molecule has 4 nitrogen and oxygen atoms in total. The molecule has 138 valence electrons. The number of thiocarbonyl (C=S) groups is 1. The van der Waals surface area contributed by atoms with Crippen molar-refractivity contribution in [2.75, 3.05) is 32.1 Å². The standard InChI is InChI=1S/C21H27N3OS/c1-16-5-9-18(10-6-16)23-21(26)22-15-20(24-13-3-4-14-24)17-7-11-19(25-2)12-8-17/h5-12,20H,3-4,13-15H2,1-2H3,(H2,22,23,26)/t20-/m0/s1. The maximum Gasteiger partial charge on any atom is 0.170 e. The van der Waals surface area contributed by atoms with E-state index in [-0.39, 0.29) is 0 Å². The van der Waals surface area contributed by atoms with Crippen LogP contribution in [0.25, 0.3) is 0 Å². The Morgan fingerprint density at radius 1 is 1.08 bits per heavy atom. The Hall–Kier alpha value is -2.11. The average molecular weight is 370 g/mol. The normalized spacial score (nSPS) is 15.5. The van der Waals surface area contributed by atoms with Gasteiger partial charge in [-0.1, -0.05) is 29.8 Å². The Labute approximate surface area is 161 Å². The van der Waals surface area contributed by atoms with Crippen LogP contribution in [-0.2, 0) is 0 Å². The Kier molecular flexibility index (Phi) is 6.47. The summed E-state index contributed by atoms with van der Waals surface area (Å²) in [5, 5.41) is 7.32. The molecule has 26 heavy (non-hydrogen) atoms. The zero-order chi connectivity index (χ0) is 18.4. The van der Waals surface area contributed by atoms with Gasteiger partial charge >= 0.3 is 0 Å². The van der Waals surface area contributed by atoms with Crippen molar-refractivity contribution in [3.05, 3.63) is 59.7 Å². The Balaban J connectivity index is 1.63. The maximum atomic E-state index is 5.49. The first-order chi connectivity index (χ1) is 12.7. The first-order valence-electron chi connectivity index (χ1n) is 9.15. The molecule has 0 aliphatic carbocycles. The number of nitrogens with zero attached hydrogens (tertiary/aromatic N) is 1. The van der Waals surface area contributed by atoms with Crippen LogP contribution in [0, 0.1) is 6.92 Å². The van der Waals surface area contributed by atoms with Crippen LogP contribution >= 0.6 is 12.2 Å². The van der Waals surface area contributed by atoms with Crippen molar-refractivity contribution in [2.45, 2.75) is 25.8 Å². The fraction of sp³-hybridized carbons (Fsp3) is 0.381. The SMILES string of the molecule is COc1ccc([C@H](CNC(=S)Nc2ccc(C)cc2)N2CCCC2)cc1. The predicted molar refractivity (Wildman–Crippen MR) is 112 cm³/mol. The fourth-order valence-corrected chi connectivity index (χ4v) is 3.54. The predicted octanol–water partition coefficient (Wildman–Crippen LogP) is 4.13. The number of likely N-dealkylation sites (tertiary alicyclic amines) is 1. The monoisotopic (exact) mass is 369 g/mol. The molecule has 5 heteroatoms. The van der Waals surface area contributed by atoms with E-state index in [0.29, 0.717) is 11.2 Å². The summed E-state index contributed by atoms with van der Waals surface area (Å²) < 4.78 is 5.29. The molecule has 0 aromatic heterocycles. The Morgan fingerprint density at radius 2 is 1.73 bits per heavy atom. The number of rotatable bonds is 6. The number of aryl methyl sites for hydroxylation is 1. The topological polar surface area (TPSA) is 36.5 Å². The van der Waals surface area contributed by atoms with Gasteiger partial charge in [0.25, 0.3) is 0 Å². The highest BCUT2D eigenvalue weighted by molar-refractivity contribution is 7.80. The van der Waals surface area contributed by atoms with E-state index in [1.165, 1.54) is 24.0 Å². The van der Waals surface area contributed by atoms with E-state index in [4.69, 9.17) is 17.0 Å². The second kappa shape index (κ2) is 9.01. The highest BCUT2D eigenvalue weighted by Gasteiger charge is 2.23. The van der Waals surface area contributed by atoms with Gasteiger partial charge in [-0.05, 0) is 74.9 Å². The lowest BCUT2D eigenvalue weighted by Gasteiger charge is -2.29. The number of hydrogen-bond acceptors (Lipinski definition) is 3. The van der Waals surface area contributed by atoms with Crippen LogP contribution in [0.4, 0.5) is 5.69 Å². The van der Waals surface area contributed by atoms with Crippen molar-refractivity contribution in [3.8, 4) is 5.75 Å². The van der Waals surface area contributed by atoms with E-state index in [9.17, 15) is 0 Å². The van der Waals surface area contributed by atoms with Crippen LogP contribution in [0.15, 0.2) is 48.5 Å². The van der Waals surface area contributed by atoms with Gasteiger partial charge in [-0.2, -0.15) is 0 Å². The highest BCUT2D eigenvalue weighted by Crippen LogP contribution is 2.26. The van der Waals surface area contributed by atoms with Gasteiger partial charge in [-0.15, -0.1) is 0 Å². The van der Waals surface area contributed by atoms with E-state index in [1.54, 1.807) is 7.11 Å². The summed E-state index contributed by atoms with van der Waals surface area (Å²) in [6.45, 7) is 5.13. The summed E-state index contributed by atoms with van der Waals surface area (Å²) in [6, 6.07) is 16.9. The lowest BCUT2D eigenvalue weighted by molar-refractivity contribution is 0.246. The van der Waals surface area contributed by atoms with Gasteiger partial charge in [0.1, 0.15) is 5.75 Å². The summed E-state index contributed by atoms with van der Waals surface area (Å²) in [6.07, 6.45) is 2.53. The summed E-state index contributed by atoms with van der Waals surface area (Å²) in [5.41, 5.74) is 3.54. The first kappa shape index (κ1) is 18.7. The molecule has 0 bridgehead atoms. The minimum Gasteiger partial charge on any atom is -0.497 e. The maximum absolute atomic E-state index is 5.49. The number of hydrogen-bond donors (Lipinski definition) is 2. The van der Waals surface area contributed by atoms with E-state index >= 15 is 0 Å². The largest absolute Gasteiger partial charge is 0.497 e. The second-order valence-corrected chi connectivity index (χ2v) is 7.14. The van der Waals surface area contributed by atoms with Gasteiger partial charge in [0.2, 0.25) is 0 Å². The zero-order valence-corrected chi connectivity index (χ0v) is 16.3. The van der Waals surface area contributed by atoms with E-state index in [2.05, 4.69) is 46.7 Å². The van der Waals surface area contributed by atoms with Gasteiger partial charge < -0.3 is 15.4 Å². The molecule has 1 aliphatic heterocycles. The van der Waals surface area contributed by atoms with Crippen LogP contribution in [-0.4, -0.2) is 36.8 Å². The lowest BCUT2D eigenvalue weighted by atomic mass is 10.1. The molecule has 0 radical (unpaired) electrons. The van der Waals surface area contributed by atoms with Gasteiger partial charge in [0, 0.05) is 12.2 Å². The smallest absolute Gasteiger partial charge is 0.170 e. The molecule has 1 heterocycles. The molecule has 0 saturated carbocycles. The molecular weight excluding hydrogens is 342 g/mol. The van der Waals surface area contributed by atoms with Gasteiger partial charge in [0.15, 0.2) is 5.11 Å². The zero-order valence-electron chi connectivity index (χ0n) is 15.5. The molecule has 3 rings (SSSR count). The molecule has 1 atom stereocenters. The van der Waals surface area contributed by atoms with Crippen LogP contribution in [0.1, 0.15) is 30.0 Å². The highest BCUT2D eigenvalue weighted by atomic mass is 32.1. The molecule has 1 saturated heterocycles. The lowest BCUT2D eigenvalue weighted by Crippen LogP contribution is -2.38. The van der Waals surface area contributed by atoms with Crippen molar-refractivity contribution in [2.24, 2.45) is 0 Å². The van der Waals surface area contributed by atoms with Crippen molar-refractivity contribution in [1.29, 1.82) is 0 Å². The van der Waals surface area contributed by atoms with Crippen LogP contribution < -0.4 is 15.4 Å². The quantitative estimate of drug-likeness (QED) is 0.749. The summed E-state index contributed by atoms with van der Waals surface area (Å²) in [7, 11) is 1.70. The molecular formula is C21H27N3OS. The molecule has 1 aliphatic rings. The number of ether oxygens (including phenoxy) is 1. The van der Waals surface area contributed by atoms with Crippen LogP contribution in [0.2, 0.25) is 0 Å². The summed E-state index contributed by atoms with van der Waals surface area (Å²) >= 11 is 5.49. The number of nitrogens with one attached hydrogen (secondary N) is 2. The van der Waals surface area contributed by atoms with E-state index in [1.807, 2.05) is 24.3 Å². The number of methoxy groups -OCH3 is 1. The van der Waals surface area contributed by atoms with Crippen LogP contribution in [0.3, 0.4) is 0 Å². The van der Waals surface area contributed by atoms with Crippen molar-refractivity contribution < 1.29 is 4.74 Å². The van der Waals surface area contributed by atoms with Crippen molar-refractivity contribution in [3.63, 3.8) is 0 Å². The number of anilines is 1. The van der Waals surface area contributed by atoms with Crippen molar-refractivity contribution >= 4 is 23.0 Å². The molecule has 2 aromatic carbocycles. The molecule has 2 aromatic rings. The van der Waals surface area contributed by atoms with Gasteiger partial charge in [-0.3, -0.25) is 4.90 Å². The Morgan fingerprint density at radius 3 is 2.35 bits per heavy atom. The molecule has 1 fully saturated rings. The molecule has 0 spiro atoms. The third-order valence-electron chi connectivity index (χ3n) is 4.85. The molecule has 0 amide bonds.